The molecule has 4 aromatic rings. The van der Waals surface area contributed by atoms with Crippen LogP contribution in [0.1, 0.15) is 41.2 Å². The van der Waals surface area contributed by atoms with Crippen LogP contribution >= 0.6 is 0 Å². The monoisotopic (exact) mass is 460 g/mol. The number of fused-ring (bicyclic) bond motifs is 1. The van der Waals surface area contributed by atoms with Crippen LogP contribution in [-0.4, -0.2) is 19.4 Å². The molecule has 33 heavy (non-hydrogen) atoms. The smallest absolute Gasteiger partial charge is 0.241 e. The lowest BCUT2D eigenvalue weighted by Gasteiger charge is -2.20. The summed E-state index contributed by atoms with van der Waals surface area (Å²) in [5.74, 6) is 0. The van der Waals surface area contributed by atoms with Gasteiger partial charge in [-0.1, -0.05) is 55.0 Å². The molecule has 1 atom stereocenters. The first-order valence-electron chi connectivity index (χ1n) is 11.5. The molecule has 1 unspecified atom stereocenters. The van der Waals surface area contributed by atoms with Gasteiger partial charge in [-0.15, -0.1) is 0 Å². The molecule has 0 radical (unpaired) electrons. The van der Waals surface area contributed by atoms with Crippen molar-refractivity contribution in [2.75, 3.05) is 0 Å². The van der Waals surface area contributed by atoms with E-state index in [4.69, 9.17) is 0 Å². The standard InChI is InChI=1S/C28H32N2O2S/c1-6-23(30-33(31,32)28-20(4)13-18(2)14-21(28)5)15-22-11-12-27-25(16-22)26(17-29-27)24-10-8-7-9-19(24)3/h7-14,16-17,23,29-30H,6,15H2,1-5H3. The minimum absolute atomic E-state index is 0.187. The molecule has 0 fully saturated rings. The zero-order chi connectivity index (χ0) is 23.8. The highest BCUT2D eigenvalue weighted by Gasteiger charge is 2.23. The summed E-state index contributed by atoms with van der Waals surface area (Å²) in [4.78, 5) is 3.77. The highest BCUT2D eigenvalue weighted by atomic mass is 32.2. The van der Waals surface area contributed by atoms with Gasteiger partial charge in [-0.3, -0.25) is 0 Å². The van der Waals surface area contributed by atoms with E-state index in [0.29, 0.717) is 17.7 Å². The lowest BCUT2D eigenvalue weighted by Crippen LogP contribution is -2.36. The molecular weight excluding hydrogens is 428 g/mol. The molecule has 4 nitrogen and oxygen atoms in total. The summed E-state index contributed by atoms with van der Waals surface area (Å²) < 4.78 is 29.5. The second-order valence-electron chi connectivity index (χ2n) is 9.06. The molecule has 4 rings (SSSR count). The maximum absolute atomic E-state index is 13.3. The number of H-pyrrole nitrogens is 1. The average Bonchev–Trinajstić information content (AvgIpc) is 3.15. The molecule has 0 aliphatic heterocycles. The van der Waals surface area contributed by atoms with Gasteiger partial charge >= 0.3 is 0 Å². The van der Waals surface area contributed by atoms with Crippen LogP contribution in [0.3, 0.4) is 0 Å². The third-order valence-electron chi connectivity index (χ3n) is 6.35. The van der Waals surface area contributed by atoms with Crippen molar-refractivity contribution in [3.8, 4) is 11.1 Å². The molecule has 0 saturated carbocycles. The Hall–Kier alpha value is -2.89. The maximum Gasteiger partial charge on any atom is 0.241 e. The molecule has 172 valence electrons. The zero-order valence-corrected chi connectivity index (χ0v) is 20.8. The van der Waals surface area contributed by atoms with Gasteiger partial charge in [0.1, 0.15) is 0 Å². The van der Waals surface area contributed by atoms with E-state index in [9.17, 15) is 8.42 Å². The number of aromatic nitrogens is 1. The van der Waals surface area contributed by atoms with Crippen LogP contribution in [0.4, 0.5) is 0 Å². The number of hydrogen-bond acceptors (Lipinski definition) is 2. The summed E-state index contributed by atoms with van der Waals surface area (Å²) in [6.45, 7) is 9.86. The van der Waals surface area contributed by atoms with Crippen LogP contribution < -0.4 is 4.72 Å². The van der Waals surface area contributed by atoms with E-state index in [0.717, 1.165) is 33.2 Å². The first-order chi connectivity index (χ1) is 15.7. The van der Waals surface area contributed by atoms with Crippen LogP contribution in [0, 0.1) is 27.7 Å². The van der Waals surface area contributed by atoms with Crippen LogP contribution in [0.15, 0.2) is 65.7 Å². The van der Waals surface area contributed by atoms with Crippen molar-refractivity contribution in [2.45, 2.75) is 58.4 Å². The Morgan fingerprint density at radius 1 is 0.879 bits per heavy atom. The van der Waals surface area contributed by atoms with Crippen molar-refractivity contribution in [1.82, 2.24) is 9.71 Å². The fraction of sp³-hybridized carbons (Fsp3) is 0.286. The van der Waals surface area contributed by atoms with Gasteiger partial charge in [0, 0.05) is 28.7 Å². The first-order valence-corrected chi connectivity index (χ1v) is 12.9. The van der Waals surface area contributed by atoms with E-state index in [1.54, 1.807) is 0 Å². The van der Waals surface area contributed by atoms with Crippen LogP contribution in [0.5, 0.6) is 0 Å². The Morgan fingerprint density at radius 3 is 2.24 bits per heavy atom. The molecule has 0 aliphatic carbocycles. The van der Waals surface area contributed by atoms with Crippen molar-refractivity contribution in [1.29, 1.82) is 0 Å². The molecule has 0 bridgehead atoms. The number of nitrogens with one attached hydrogen (secondary N) is 2. The van der Waals surface area contributed by atoms with E-state index in [1.165, 1.54) is 16.7 Å². The molecular formula is C28H32N2O2S. The molecule has 1 heterocycles. The van der Waals surface area contributed by atoms with E-state index in [-0.39, 0.29) is 6.04 Å². The largest absolute Gasteiger partial charge is 0.361 e. The Balaban J connectivity index is 1.63. The van der Waals surface area contributed by atoms with Gasteiger partial charge in [-0.2, -0.15) is 0 Å². The number of rotatable bonds is 7. The molecule has 5 heteroatoms. The lowest BCUT2D eigenvalue weighted by molar-refractivity contribution is 0.536. The Labute approximate surface area is 197 Å². The van der Waals surface area contributed by atoms with Crippen LogP contribution in [-0.2, 0) is 16.4 Å². The van der Waals surface area contributed by atoms with E-state index >= 15 is 0 Å². The second kappa shape index (κ2) is 9.16. The molecule has 1 aromatic heterocycles. The van der Waals surface area contributed by atoms with Crippen LogP contribution in [0.25, 0.3) is 22.0 Å². The first kappa shape index (κ1) is 23.3. The number of hydrogen-bond donors (Lipinski definition) is 2. The summed E-state index contributed by atoms with van der Waals surface area (Å²) in [7, 11) is -3.61. The van der Waals surface area contributed by atoms with E-state index in [1.807, 2.05) is 39.8 Å². The average molecular weight is 461 g/mol. The molecule has 0 saturated heterocycles. The van der Waals surface area contributed by atoms with Crippen molar-refractivity contribution in [2.24, 2.45) is 0 Å². The predicted molar refractivity (Wildman–Crippen MR) is 137 cm³/mol. The molecule has 0 amide bonds. The fourth-order valence-electron chi connectivity index (χ4n) is 4.82. The number of aromatic amines is 1. The van der Waals surface area contributed by atoms with Crippen molar-refractivity contribution in [3.05, 3.63) is 88.6 Å². The number of aryl methyl sites for hydroxylation is 4. The van der Waals surface area contributed by atoms with Gasteiger partial charge in [0.15, 0.2) is 0 Å². The SMILES string of the molecule is CCC(Cc1ccc2[nH]cc(-c3ccccc3C)c2c1)NS(=O)(=O)c1c(C)cc(C)cc1C. The van der Waals surface area contributed by atoms with Crippen LogP contribution in [0.2, 0.25) is 0 Å². The van der Waals surface area contributed by atoms with E-state index in [2.05, 4.69) is 65.3 Å². The fourth-order valence-corrected chi connectivity index (χ4v) is 6.59. The zero-order valence-electron chi connectivity index (χ0n) is 20.0. The van der Waals surface area contributed by atoms with Gasteiger partial charge in [0.25, 0.3) is 0 Å². The summed E-state index contributed by atoms with van der Waals surface area (Å²) in [6.07, 6.45) is 3.40. The third kappa shape index (κ3) is 4.75. The van der Waals surface area contributed by atoms with Gasteiger partial charge in [-0.25, -0.2) is 13.1 Å². The molecule has 2 N–H and O–H groups in total. The Morgan fingerprint density at radius 2 is 1.58 bits per heavy atom. The maximum atomic E-state index is 13.3. The summed E-state index contributed by atoms with van der Waals surface area (Å²) in [5.41, 5.74) is 8.44. The third-order valence-corrected chi connectivity index (χ3v) is 8.18. The number of benzene rings is 3. The van der Waals surface area contributed by atoms with Gasteiger partial charge in [0.05, 0.1) is 4.90 Å². The molecule has 3 aromatic carbocycles. The number of sulfonamides is 1. The quantitative estimate of drug-likeness (QED) is 0.337. The highest BCUT2D eigenvalue weighted by molar-refractivity contribution is 7.89. The Bertz CT molecular complexity index is 1390. The second-order valence-corrected chi connectivity index (χ2v) is 10.7. The summed E-state index contributed by atoms with van der Waals surface area (Å²) in [6, 6.07) is 18.4. The van der Waals surface area contributed by atoms with Crippen molar-refractivity contribution in [3.63, 3.8) is 0 Å². The minimum Gasteiger partial charge on any atom is -0.361 e. The van der Waals surface area contributed by atoms with Gasteiger partial charge in [0.2, 0.25) is 10.0 Å². The summed E-state index contributed by atoms with van der Waals surface area (Å²) in [5, 5.41) is 1.16. The topological polar surface area (TPSA) is 62.0 Å². The van der Waals surface area contributed by atoms with Gasteiger partial charge in [-0.05, 0) is 80.5 Å². The molecule has 0 spiro atoms. The summed E-state index contributed by atoms with van der Waals surface area (Å²) >= 11 is 0. The van der Waals surface area contributed by atoms with Crippen molar-refractivity contribution < 1.29 is 8.42 Å². The molecule has 0 aliphatic rings. The lowest BCUT2D eigenvalue weighted by atomic mass is 9.97. The van der Waals surface area contributed by atoms with Gasteiger partial charge < -0.3 is 4.98 Å². The van der Waals surface area contributed by atoms with Crippen molar-refractivity contribution >= 4 is 20.9 Å². The normalized spacial score (nSPS) is 12.9. The Kier molecular flexibility index (Phi) is 6.46. The highest BCUT2D eigenvalue weighted by Crippen LogP contribution is 2.32. The minimum atomic E-state index is -3.61. The van der Waals surface area contributed by atoms with E-state index < -0.39 is 10.0 Å². The predicted octanol–water partition coefficient (Wildman–Crippen LogP) is 6.37.